The molecule has 0 aliphatic heterocycles. The van der Waals surface area contributed by atoms with E-state index < -0.39 is 17.0 Å². The van der Waals surface area contributed by atoms with Gasteiger partial charge in [-0.15, -0.1) is 0 Å². The summed E-state index contributed by atoms with van der Waals surface area (Å²) in [4.78, 5) is 0. The first kappa shape index (κ1) is 12.5. The van der Waals surface area contributed by atoms with E-state index in [1.807, 2.05) is 6.92 Å². The first-order valence-corrected chi connectivity index (χ1v) is 7.98. The predicted octanol–water partition coefficient (Wildman–Crippen LogP) is 4.02. The predicted molar refractivity (Wildman–Crippen MR) is 51.7 cm³/mol. The molecule has 1 aliphatic rings. The molecule has 1 aliphatic carbocycles. The SMILES string of the molecule is CC=CCC1=C[C]=CC1.[Cl][Ti][Cl]. The molecular formula is C9H11Cl2Ti. The first-order valence-electron chi connectivity index (χ1n) is 3.68. The summed E-state index contributed by atoms with van der Waals surface area (Å²) in [5.74, 6) is 0. The topological polar surface area (TPSA) is 0 Å². The third kappa shape index (κ3) is 7.18. The van der Waals surface area contributed by atoms with Crippen LogP contribution in [0.5, 0.6) is 0 Å². The fraction of sp³-hybridized carbons (Fsp3) is 0.333. The quantitative estimate of drug-likeness (QED) is 0.503. The zero-order chi connectivity index (χ0) is 9.23. The van der Waals surface area contributed by atoms with Crippen molar-refractivity contribution in [3.63, 3.8) is 0 Å². The molecule has 0 fully saturated rings. The third-order valence-corrected chi connectivity index (χ3v) is 1.39. The summed E-state index contributed by atoms with van der Waals surface area (Å²) in [5, 5.41) is 0. The van der Waals surface area contributed by atoms with E-state index in [9.17, 15) is 0 Å². The Balaban J connectivity index is 0.000000354. The Morgan fingerprint density at radius 2 is 2.33 bits per heavy atom. The summed E-state index contributed by atoms with van der Waals surface area (Å²) in [6.45, 7) is 2.05. The number of rotatable bonds is 2. The van der Waals surface area contributed by atoms with Crippen molar-refractivity contribution in [1.29, 1.82) is 0 Å². The van der Waals surface area contributed by atoms with Crippen LogP contribution in [-0.4, -0.2) is 0 Å². The minimum atomic E-state index is -0.556. The van der Waals surface area contributed by atoms with Gasteiger partial charge in [0, 0.05) is 0 Å². The zero-order valence-electron chi connectivity index (χ0n) is 6.98. The molecule has 0 N–H and O–H groups in total. The van der Waals surface area contributed by atoms with E-state index in [2.05, 4.69) is 30.4 Å². The minimum absolute atomic E-state index is 0.556. The van der Waals surface area contributed by atoms with Crippen molar-refractivity contribution >= 4 is 18.6 Å². The number of allylic oxidation sites excluding steroid dienone is 6. The van der Waals surface area contributed by atoms with Crippen molar-refractivity contribution < 1.29 is 17.0 Å². The van der Waals surface area contributed by atoms with E-state index in [0.29, 0.717) is 0 Å². The number of hydrogen-bond donors (Lipinski definition) is 0. The van der Waals surface area contributed by atoms with Crippen LogP contribution in [0.3, 0.4) is 0 Å². The molecular weight excluding hydrogens is 227 g/mol. The van der Waals surface area contributed by atoms with Crippen LogP contribution in [0, 0.1) is 6.08 Å². The molecule has 0 bridgehead atoms. The monoisotopic (exact) mass is 237 g/mol. The Morgan fingerprint density at radius 1 is 1.67 bits per heavy atom. The van der Waals surface area contributed by atoms with Crippen molar-refractivity contribution in [2.45, 2.75) is 19.8 Å². The number of hydrogen-bond acceptors (Lipinski definition) is 0. The maximum absolute atomic E-state index is 4.89. The van der Waals surface area contributed by atoms with E-state index >= 15 is 0 Å². The summed E-state index contributed by atoms with van der Waals surface area (Å²) in [6, 6.07) is 0. The van der Waals surface area contributed by atoms with Crippen LogP contribution in [-0.2, 0) is 17.0 Å². The molecule has 0 spiro atoms. The Morgan fingerprint density at radius 3 is 2.75 bits per heavy atom. The van der Waals surface area contributed by atoms with Crippen LogP contribution >= 0.6 is 18.6 Å². The number of halogens is 2. The summed E-state index contributed by atoms with van der Waals surface area (Å²) >= 11 is -0.556. The van der Waals surface area contributed by atoms with Crippen molar-refractivity contribution in [2.24, 2.45) is 0 Å². The van der Waals surface area contributed by atoms with Gasteiger partial charge in [-0.3, -0.25) is 0 Å². The third-order valence-electron chi connectivity index (χ3n) is 1.39. The van der Waals surface area contributed by atoms with Crippen LogP contribution in [0.1, 0.15) is 19.8 Å². The molecule has 1 rings (SSSR count). The van der Waals surface area contributed by atoms with Gasteiger partial charge in [-0.1, -0.05) is 29.9 Å². The molecule has 0 atom stereocenters. The van der Waals surface area contributed by atoms with Crippen LogP contribution in [0.25, 0.3) is 0 Å². The normalized spacial score (nSPS) is 14.1. The molecule has 0 saturated carbocycles. The Hall–Kier alpha value is 0.514. The van der Waals surface area contributed by atoms with Gasteiger partial charge in [0.15, 0.2) is 0 Å². The average Bonchev–Trinajstić information content (AvgIpc) is 2.54. The van der Waals surface area contributed by atoms with E-state index in [0.717, 1.165) is 12.8 Å². The Bertz CT molecular complexity index is 183. The van der Waals surface area contributed by atoms with Gasteiger partial charge in [-0.2, -0.15) is 0 Å². The van der Waals surface area contributed by atoms with Gasteiger partial charge < -0.3 is 0 Å². The second-order valence-electron chi connectivity index (χ2n) is 2.22. The van der Waals surface area contributed by atoms with Gasteiger partial charge >= 0.3 is 35.6 Å². The average molecular weight is 238 g/mol. The molecule has 3 heteroatoms. The van der Waals surface area contributed by atoms with E-state index in [1.54, 1.807) is 0 Å². The van der Waals surface area contributed by atoms with Gasteiger partial charge in [-0.05, 0) is 25.8 Å². The second-order valence-corrected chi connectivity index (χ2v) is 4.80. The van der Waals surface area contributed by atoms with Gasteiger partial charge in [0.2, 0.25) is 0 Å². The first-order chi connectivity index (χ1) is 5.85. The van der Waals surface area contributed by atoms with Gasteiger partial charge in [0.05, 0.1) is 0 Å². The van der Waals surface area contributed by atoms with E-state index in [-0.39, 0.29) is 0 Å². The van der Waals surface area contributed by atoms with Crippen molar-refractivity contribution in [1.82, 2.24) is 0 Å². The molecule has 0 unspecified atom stereocenters. The van der Waals surface area contributed by atoms with Crippen molar-refractivity contribution in [3.05, 3.63) is 36.0 Å². The van der Waals surface area contributed by atoms with Crippen LogP contribution in [0.4, 0.5) is 0 Å². The second kappa shape index (κ2) is 9.60. The van der Waals surface area contributed by atoms with Crippen molar-refractivity contribution in [2.75, 3.05) is 0 Å². The summed E-state index contributed by atoms with van der Waals surface area (Å²) in [6.07, 6.45) is 13.7. The Kier molecular flexibility index (Phi) is 10.0. The fourth-order valence-corrected chi connectivity index (χ4v) is 0.837. The Labute approximate surface area is 91.0 Å². The van der Waals surface area contributed by atoms with Crippen LogP contribution < -0.4 is 0 Å². The summed E-state index contributed by atoms with van der Waals surface area (Å²) in [7, 11) is 9.78. The van der Waals surface area contributed by atoms with Crippen LogP contribution in [0.2, 0.25) is 0 Å². The fourth-order valence-electron chi connectivity index (χ4n) is 0.837. The molecule has 0 aromatic heterocycles. The summed E-state index contributed by atoms with van der Waals surface area (Å²) in [5.41, 5.74) is 1.47. The molecule has 0 nitrogen and oxygen atoms in total. The molecule has 1 radical (unpaired) electrons. The van der Waals surface area contributed by atoms with Gasteiger partial charge in [-0.25, -0.2) is 0 Å². The van der Waals surface area contributed by atoms with Crippen LogP contribution in [0.15, 0.2) is 29.9 Å². The van der Waals surface area contributed by atoms with Crippen molar-refractivity contribution in [3.8, 4) is 0 Å². The molecule has 0 saturated heterocycles. The zero-order valence-corrected chi connectivity index (χ0v) is 10.1. The molecule has 0 amide bonds. The summed E-state index contributed by atoms with van der Waals surface area (Å²) < 4.78 is 0. The van der Waals surface area contributed by atoms with E-state index in [4.69, 9.17) is 18.6 Å². The van der Waals surface area contributed by atoms with Gasteiger partial charge in [0.25, 0.3) is 0 Å². The molecule has 0 aromatic carbocycles. The molecule has 65 valence electrons. The molecule has 12 heavy (non-hydrogen) atoms. The molecule has 0 aromatic rings. The molecule has 0 heterocycles. The maximum atomic E-state index is 4.89. The standard InChI is InChI=1S/C9H11.2ClH.Ti/c1-2-3-6-9-7-4-5-8-9;;;/h2-4,8H,6-7H2,1H3;2*1H;/q;;;+2/p-2. The van der Waals surface area contributed by atoms with Gasteiger partial charge in [0.1, 0.15) is 0 Å². The van der Waals surface area contributed by atoms with E-state index in [1.165, 1.54) is 5.57 Å².